The molecule has 0 bridgehead atoms. The molecule has 0 saturated carbocycles. The van der Waals surface area contributed by atoms with Gasteiger partial charge in [-0.15, -0.1) is 11.3 Å². The van der Waals surface area contributed by atoms with Crippen LogP contribution in [0.3, 0.4) is 0 Å². The fourth-order valence-electron chi connectivity index (χ4n) is 3.62. The number of ether oxygens (including phenoxy) is 1. The van der Waals surface area contributed by atoms with Gasteiger partial charge in [-0.05, 0) is 72.7 Å². The average Bonchev–Trinajstić information content (AvgIpc) is 3.23. The highest BCUT2D eigenvalue weighted by atomic mass is 32.1. The van der Waals surface area contributed by atoms with Gasteiger partial charge >= 0.3 is 6.03 Å². The summed E-state index contributed by atoms with van der Waals surface area (Å²) in [5.41, 5.74) is 3.64. The van der Waals surface area contributed by atoms with Gasteiger partial charge < -0.3 is 19.9 Å². The number of carbonyl (C=O) groups excluding carboxylic acids is 2. The molecule has 2 aromatic carbocycles. The summed E-state index contributed by atoms with van der Waals surface area (Å²) < 4.78 is 18.6. The van der Waals surface area contributed by atoms with E-state index in [1.807, 2.05) is 49.6 Å². The van der Waals surface area contributed by atoms with Gasteiger partial charge in [-0.2, -0.15) is 0 Å². The Hall–Kier alpha value is -3.23. The van der Waals surface area contributed by atoms with Crippen molar-refractivity contribution in [2.45, 2.75) is 33.4 Å². The highest BCUT2D eigenvalue weighted by Gasteiger charge is 2.23. The number of rotatable bonds is 11. The first kappa shape index (κ1) is 26.4. The number of hydrogen-bond acceptors (Lipinski definition) is 4. The molecule has 186 valence electrons. The summed E-state index contributed by atoms with van der Waals surface area (Å²) in [7, 11) is 1.61. The second kappa shape index (κ2) is 13.0. The molecule has 1 aromatic heterocycles. The van der Waals surface area contributed by atoms with E-state index in [1.165, 1.54) is 17.0 Å². The Morgan fingerprint density at radius 3 is 2.46 bits per heavy atom. The van der Waals surface area contributed by atoms with Crippen LogP contribution in [0.4, 0.5) is 14.9 Å². The molecule has 0 atom stereocenters. The zero-order valence-corrected chi connectivity index (χ0v) is 21.2. The number of nitrogens with one attached hydrogen (secondary N) is 1. The van der Waals surface area contributed by atoms with Crippen LogP contribution in [0.2, 0.25) is 0 Å². The lowest BCUT2D eigenvalue weighted by atomic mass is 10.2. The molecule has 8 heteroatoms. The molecule has 35 heavy (non-hydrogen) atoms. The van der Waals surface area contributed by atoms with Crippen LogP contribution in [0.1, 0.15) is 28.0 Å². The molecule has 0 saturated heterocycles. The van der Waals surface area contributed by atoms with Crippen molar-refractivity contribution in [1.82, 2.24) is 9.80 Å². The van der Waals surface area contributed by atoms with Gasteiger partial charge in [0.2, 0.25) is 5.91 Å². The van der Waals surface area contributed by atoms with E-state index in [1.54, 1.807) is 35.5 Å². The van der Waals surface area contributed by atoms with E-state index in [4.69, 9.17) is 4.74 Å². The van der Waals surface area contributed by atoms with Gasteiger partial charge in [0.15, 0.2) is 0 Å². The molecule has 1 heterocycles. The molecular formula is C27H32FN3O3S. The lowest BCUT2D eigenvalue weighted by molar-refractivity contribution is -0.133. The third-order valence-corrected chi connectivity index (χ3v) is 6.61. The van der Waals surface area contributed by atoms with Crippen molar-refractivity contribution in [3.05, 3.63) is 87.4 Å². The number of thiophene rings is 1. The molecule has 0 aliphatic heterocycles. The summed E-state index contributed by atoms with van der Waals surface area (Å²) in [6.07, 6.45) is 0.604. The molecule has 0 unspecified atom stereocenters. The number of carbonyl (C=O) groups is 2. The van der Waals surface area contributed by atoms with Gasteiger partial charge in [0.1, 0.15) is 12.4 Å². The van der Waals surface area contributed by atoms with Crippen LogP contribution >= 0.6 is 11.3 Å². The molecule has 0 radical (unpaired) electrons. The van der Waals surface area contributed by atoms with Crippen LogP contribution < -0.4 is 5.32 Å². The maximum absolute atomic E-state index is 13.5. The number of hydrogen-bond donors (Lipinski definition) is 1. The van der Waals surface area contributed by atoms with Gasteiger partial charge in [0.25, 0.3) is 0 Å². The van der Waals surface area contributed by atoms with Crippen molar-refractivity contribution in [2.24, 2.45) is 0 Å². The number of methoxy groups -OCH3 is 1. The SMILES string of the molecule is COCCCN(CC(=O)N(Cc1ccc(F)cc1)Cc1sccc1C)C(=O)Nc1cccc(C)c1. The van der Waals surface area contributed by atoms with E-state index in [2.05, 4.69) is 5.32 Å². The maximum Gasteiger partial charge on any atom is 0.322 e. The van der Waals surface area contributed by atoms with Gasteiger partial charge in [-0.1, -0.05) is 24.3 Å². The molecule has 6 nitrogen and oxygen atoms in total. The Labute approximate surface area is 210 Å². The van der Waals surface area contributed by atoms with E-state index < -0.39 is 0 Å². The molecule has 1 N–H and O–H groups in total. The minimum atomic E-state index is -0.339. The zero-order valence-electron chi connectivity index (χ0n) is 20.4. The minimum Gasteiger partial charge on any atom is -0.385 e. The van der Waals surface area contributed by atoms with Crippen LogP contribution in [0, 0.1) is 19.7 Å². The van der Waals surface area contributed by atoms with Gasteiger partial charge in [-0.3, -0.25) is 4.79 Å². The second-order valence-electron chi connectivity index (χ2n) is 8.47. The standard InChI is InChI=1S/C27H32FN3O3S/c1-20-6-4-7-24(16-20)29-27(33)30(13-5-14-34-3)19-26(32)31(18-25-21(2)12-15-35-25)17-22-8-10-23(28)11-9-22/h4,6-12,15-16H,5,13-14,17-19H2,1-3H3,(H,29,33). The first-order valence-corrected chi connectivity index (χ1v) is 12.4. The van der Waals surface area contributed by atoms with Crippen LogP contribution in [0.25, 0.3) is 0 Å². The van der Waals surface area contributed by atoms with Gasteiger partial charge in [0.05, 0.1) is 6.54 Å². The van der Waals surface area contributed by atoms with E-state index >= 15 is 0 Å². The van der Waals surface area contributed by atoms with Crippen LogP contribution in [-0.4, -0.2) is 48.5 Å². The molecule has 3 aromatic rings. The van der Waals surface area contributed by atoms with Crippen molar-refractivity contribution in [1.29, 1.82) is 0 Å². The van der Waals surface area contributed by atoms with Crippen molar-refractivity contribution < 1.29 is 18.7 Å². The summed E-state index contributed by atoms with van der Waals surface area (Å²) in [4.78, 5) is 30.9. The highest BCUT2D eigenvalue weighted by molar-refractivity contribution is 7.10. The summed E-state index contributed by atoms with van der Waals surface area (Å²) in [5.74, 6) is -0.503. The molecule has 0 aliphatic carbocycles. The minimum absolute atomic E-state index is 0.0764. The van der Waals surface area contributed by atoms with E-state index in [0.29, 0.717) is 38.3 Å². The van der Waals surface area contributed by atoms with E-state index in [-0.39, 0.29) is 24.3 Å². The molecule has 0 spiro atoms. The second-order valence-corrected chi connectivity index (χ2v) is 9.47. The third kappa shape index (κ3) is 8.19. The van der Waals surface area contributed by atoms with Gasteiger partial charge in [-0.25, -0.2) is 9.18 Å². The Balaban J connectivity index is 1.77. The Morgan fingerprint density at radius 2 is 1.80 bits per heavy atom. The van der Waals surface area contributed by atoms with Crippen LogP contribution in [0.15, 0.2) is 60.0 Å². The number of urea groups is 1. The van der Waals surface area contributed by atoms with E-state index in [0.717, 1.165) is 21.6 Å². The number of halogens is 1. The van der Waals surface area contributed by atoms with E-state index in [9.17, 15) is 14.0 Å². The average molecular weight is 498 g/mol. The Morgan fingerprint density at radius 1 is 1.03 bits per heavy atom. The number of nitrogens with zero attached hydrogens (tertiary/aromatic N) is 2. The van der Waals surface area contributed by atoms with Crippen molar-refractivity contribution in [2.75, 3.05) is 32.1 Å². The third-order valence-electron chi connectivity index (χ3n) is 5.60. The first-order valence-electron chi connectivity index (χ1n) is 11.5. The number of amides is 3. The topological polar surface area (TPSA) is 61.9 Å². The molecule has 3 amide bonds. The molecule has 0 aliphatic rings. The molecular weight excluding hydrogens is 465 g/mol. The summed E-state index contributed by atoms with van der Waals surface area (Å²) in [5, 5.41) is 4.90. The highest BCUT2D eigenvalue weighted by Crippen LogP contribution is 2.20. The smallest absolute Gasteiger partial charge is 0.322 e. The summed E-state index contributed by atoms with van der Waals surface area (Å²) in [6, 6.07) is 15.3. The largest absolute Gasteiger partial charge is 0.385 e. The van der Waals surface area contributed by atoms with Gasteiger partial charge in [0, 0.05) is 37.4 Å². The normalized spacial score (nSPS) is 10.7. The lowest BCUT2D eigenvalue weighted by Crippen LogP contribution is -2.44. The quantitative estimate of drug-likeness (QED) is 0.351. The van der Waals surface area contributed by atoms with Crippen molar-refractivity contribution in [3.8, 4) is 0 Å². The number of aryl methyl sites for hydroxylation is 2. The number of anilines is 1. The fraction of sp³-hybridized carbons (Fsp3) is 0.333. The summed E-state index contributed by atoms with van der Waals surface area (Å²) in [6.45, 7) is 5.49. The monoisotopic (exact) mass is 497 g/mol. The summed E-state index contributed by atoms with van der Waals surface area (Å²) >= 11 is 1.59. The lowest BCUT2D eigenvalue weighted by Gasteiger charge is -2.28. The molecule has 0 fully saturated rings. The maximum atomic E-state index is 13.5. The fourth-order valence-corrected chi connectivity index (χ4v) is 4.54. The zero-order chi connectivity index (χ0) is 25.2. The Kier molecular flexibility index (Phi) is 9.81. The first-order chi connectivity index (χ1) is 16.9. The molecule has 3 rings (SSSR count). The van der Waals surface area contributed by atoms with Crippen molar-refractivity contribution >= 4 is 29.0 Å². The van der Waals surface area contributed by atoms with Crippen LogP contribution in [-0.2, 0) is 22.6 Å². The number of benzene rings is 2. The predicted molar refractivity (Wildman–Crippen MR) is 138 cm³/mol. The van der Waals surface area contributed by atoms with Crippen molar-refractivity contribution in [3.63, 3.8) is 0 Å². The Bertz CT molecular complexity index is 1120. The predicted octanol–water partition coefficient (Wildman–Crippen LogP) is 5.60. The van der Waals surface area contributed by atoms with Crippen LogP contribution in [0.5, 0.6) is 0 Å².